The first kappa shape index (κ1) is 18.2. The van der Waals surface area contributed by atoms with Gasteiger partial charge in [-0.15, -0.1) is 0 Å². The predicted octanol–water partition coefficient (Wildman–Crippen LogP) is 2.61. The molecule has 6 heteroatoms. The normalized spacial score (nSPS) is 10.0. The summed E-state index contributed by atoms with van der Waals surface area (Å²) >= 11 is 0. The van der Waals surface area contributed by atoms with E-state index in [1.807, 2.05) is 0 Å². The molecule has 0 aliphatic rings. The van der Waals surface area contributed by atoms with E-state index in [0.717, 1.165) is 0 Å². The van der Waals surface area contributed by atoms with Crippen molar-refractivity contribution in [2.24, 2.45) is 0 Å². The third-order valence-corrected chi connectivity index (χ3v) is 3.45. The zero-order chi connectivity index (χ0) is 18.4. The van der Waals surface area contributed by atoms with Crippen molar-refractivity contribution in [3.05, 3.63) is 59.7 Å². The third kappa shape index (κ3) is 5.17. The van der Waals surface area contributed by atoms with Gasteiger partial charge in [-0.2, -0.15) is 0 Å². The van der Waals surface area contributed by atoms with Gasteiger partial charge in [-0.05, 0) is 55.5 Å². The van der Waals surface area contributed by atoms with Crippen LogP contribution in [-0.2, 0) is 4.79 Å². The summed E-state index contributed by atoms with van der Waals surface area (Å²) in [5.41, 5.74) is 1.71. The number of carbonyl (C=O) groups excluding carboxylic acids is 3. The number of nitrogens with zero attached hydrogens (tertiary/aromatic N) is 1. The fourth-order valence-corrected chi connectivity index (χ4v) is 2.09. The van der Waals surface area contributed by atoms with Crippen molar-refractivity contribution < 1.29 is 19.1 Å². The Hall–Kier alpha value is -3.15. The average Bonchev–Trinajstić information content (AvgIpc) is 2.60. The zero-order valence-electron chi connectivity index (χ0n) is 14.4. The Balaban J connectivity index is 1.87. The number of carbonyl (C=O) groups is 3. The Kier molecular flexibility index (Phi) is 5.89. The van der Waals surface area contributed by atoms with Crippen molar-refractivity contribution >= 4 is 23.3 Å². The standard InChI is InChI=1S/C19H20N2O4/c1-13(22)14-6-10-17(11-7-14)25-12-18(23)20-16-8-4-15(5-9-16)19(24)21(2)3/h4-11H,12H2,1-3H3,(H,20,23). The lowest BCUT2D eigenvalue weighted by molar-refractivity contribution is -0.118. The van der Waals surface area contributed by atoms with Gasteiger partial charge in [-0.25, -0.2) is 0 Å². The topological polar surface area (TPSA) is 75.7 Å². The maximum atomic E-state index is 11.9. The minimum atomic E-state index is -0.317. The molecule has 2 rings (SSSR count). The van der Waals surface area contributed by atoms with Crippen molar-refractivity contribution in [1.29, 1.82) is 0 Å². The van der Waals surface area contributed by atoms with E-state index in [0.29, 0.717) is 22.6 Å². The largest absolute Gasteiger partial charge is 0.484 e. The molecule has 130 valence electrons. The Morgan fingerprint density at radius 2 is 1.48 bits per heavy atom. The van der Waals surface area contributed by atoms with Crippen LogP contribution in [-0.4, -0.2) is 43.2 Å². The van der Waals surface area contributed by atoms with Gasteiger partial charge >= 0.3 is 0 Å². The van der Waals surface area contributed by atoms with Crippen LogP contribution < -0.4 is 10.1 Å². The summed E-state index contributed by atoms with van der Waals surface area (Å²) in [6.07, 6.45) is 0. The quantitative estimate of drug-likeness (QED) is 0.820. The van der Waals surface area contributed by atoms with Crippen LogP contribution in [0.3, 0.4) is 0 Å². The molecule has 0 aliphatic heterocycles. The predicted molar refractivity (Wildman–Crippen MR) is 95.0 cm³/mol. The molecular formula is C19H20N2O4. The molecule has 0 bridgehead atoms. The fourth-order valence-electron chi connectivity index (χ4n) is 2.09. The minimum absolute atomic E-state index is 0.0273. The van der Waals surface area contributed by atoms with E-state index < -0.39 is 0 Å². The van der Waals surface area contributed by atoms with Gasteiger partial charge < -0.3 is 15.0 Å². The van der Waals surface area contributed by atoms with Gasteiger partial charge in [-0.1, -0.05) is 0 Å². The maximum Gasteiger partial charge on any atom is 0.262 e. The Labute approximate surface area is 146 Å². The number of ether oxygens (including phenoxy) is 1. The number of nitrogens with one attached hydrogen (secondary N) is 1. The monoisotopic (exact) mass is 340 g/mol. The van der Waals surface area contributed by atoms with E-state index in [9.17, 15) is 14.4 Å². The molecule has 0 spiro atoms. The summed E-state index contributed by atoms with van der Waals surface area (Å²) in [5, 5.41) is 2.69. The van der Waals surface area contributed by atoms with Gasteiger partial charge in [-0.3, -0.25) is 14.4 Å². The lowest BCUT2D eigenvalue weighted by Crippen LogP contribution is -2.22. The van der Waals surface area contributed by atoms with E-state index in [1.54, 1.807) is 62.6 Å². The summed E-state index contributed by atoms with van der Waals surface area (Å²) in [4.78, 5) is 36.4. The van der Waals surface area contributed by atoms with Gasteiger partial charge in [0.05, 0.1) is 0 Å². The lowest BCUT2D eigenvalue weighted by Gasteiger charge is -2.11. The summed E-state index contributed by atoms with van der Waals surface area (Å²) in [7, 11) is 3.36. The number of hydrogen-bond donors (Lipinski definition) is 1. The van der Waals surface area contributed by atoms with Crippen LogP contribution in [0.1, 0.15) is 27.6 Å². The summed E-state index contributed by atoms with van der Waals surface area (Å²) in [6.45, 7) is 1.33. The minimum Gasteiger partial charge on any atom is -0.484 e. The molecule has 0 saturated heterocycles. The molecule has 0 saturated carbocycles. The van der Waals surface area contributed by atoms with Crippen LogP contribution in [0, 0.1) is 0 Å². The van der Waals surface area contributed by atoms with Crippen LogP contribution in [0.4, 0.5) is 5.69 Å². The molecule has 25 heavy (non-hydrogen) atoms. The van der Waals surface area contributed by atoms with Gasteiger partial charge in [0.2, 0.25) is 0 Å². The highest BCUT2D eigenvalue weighted by Crippen LogP contribution is 2.14. The molecule has 0 unspecified atom stereocenters. The number of benzene rings is 2. The average molecular weight is 340 g/mol. The molecule has 0 atom stereocenters. The number of amides is 2. The molecule has 0 aromatic heterocycles. The second-order valence-electron chi connectivity index (χ2n) is 5.69. The molecule has 6 nitrogen and oxygen atoms in total. The zero-order valence-corrected chi connectivity index (χ0v) is 14.4. The SMILES string of the molecule is CC(=O)c1ccc(OCC(=O)Nc2ccc(C(=O)N(C)C)cc2)cc1. The van der Waals surface area contributed by atoms with Crippen molar-refractivity contribution in [2.45, 2.75) is 6.92 Å². The van der Waals surface area contributed by atoms with E-state index in [4.69, 9.17) is 4.74 Å². The Morgan fingerprint density at radius 3 is 2.00 bits per heavy atom. The lowest BCUT2D eigenvalue weighted by atomic mass is 10.1. The van der Waals surface area contributed by atoms with Gasteiger partial charge in [0, 0.05) is 30.9 Å². The van der Waals surface area contributed by atoms with Crippen LogP contribution in [0.5, 0.6) is 5.75 Å². The number of rotatable bonds is 6. The molecule has 2 aromatic carbocycles. The van der Waals surface area contributed by atoms with Crippen molar-refractivity contribution in [1.82, 2.24) is 4.90 Å². The van der Waals surface area contributed by atoms with Crippen LogP contribution >= 0.6 is 0 Å². The molecule has 2 amide bonds. The number of ketones is 1. The molecular weight excluding hydrogens is 320 g/mol. The first-order chi connectivity index (χ1) is 11.9. The summed E-state index contributed by atoms with van der Waals surface area (Å²) in [6, 6.07) is 13.2. The molecule has 0 fully saturated rings. The van der Waals surface area contributed by atoms with Gasteiger partial charge in [0.1, 0.15) is 5.75 Å². The van der Waals surface area contributed by atoms with Gasteiger partial charge in [0.15, 0.2) is 12.4 Å². The second kappa shape index (κ2) is 8.10. The van der Waals surface area contributed by atoms with Crippen molar-refractivity contribution in [3.8, 4) is 5.75 Å². The highest BCUT2D eigenvalue weighted by atomic mass is 16.5. The van der Waals surface area contributed by atoms with E-state index in [2.05, 4.69) is 5.32 Å². The fraction of sp³-hybridized carbons (Fsp3) is 0.211. The summed E-state index contributed by atoms with van der Waals surface area (Å²) in [5.74, 6) is 0.0603. The van der Waals surface area contributed by atoms with Crippen LogP contribution in [0.15, 0.2) is 48.5 Å². The first-order valence-electron chi connectivity index (χ1n) is 7.72. The molecule has 1 N–H and O–H groups in total. The molecule has 0 radical (unpaired) electrons. The van der Waals surface area contributed by atoms with E-state index >= 15 is 0 Å². The van der Waals surface area contributed by atoms with E-state index in [-0.39, 0.29) is 24.2 Å². The highest BCUT2D eigenvalue weighted by molar-refractivity contribution is 5.96. The Bertz CT molecular complexity index is 765. The number of hydrogen-bond acceptors (Lipinski definition) is 4. The molecule has 0 heterocycles. The number of anilines is 1. The highest BCUT2D eigenvalue weighted by Gasteiger charge is 2.09. The molecule has 0 aliphatic carbocycles. The van der Waals surface area contributed by atoms with E-state index in [1.165, 1.54) is 11.8 Å². The maximum absolute atomic E-state index is 11.9. The van der Waals surface area contributed by atoms with Crippen molar-refractivity contribution in [2.75, 3.05) is 26.0 Å². The first-order valence-corrected chi connectivity index (χ1v) is 7.72. The van der Waals surface area contributed by atoms with Crippen LogP contribution in [0.2, 0.25) is 0 Å². The summed E-state index contributed by atoms with van der Waals surface area (Å²) < 4.78 is 5.38. The van der Waals surface area contributed by atoms with Gasteiger partial charge in [0.25, 0.3) is 11.8 Å². The molecule has 2 aromatic rings. The number of Topliss-reactive ketones (excluding diaryl/α,β-unsaturated/α-hetero) is 1. The smallest absolute Gasteiger partial charge is 0.262 e. The van der Waals surface area contributed by atoms with Crippen LogP contribution in [0.25, 0.3) is 0 Å². The third-order valence-electron chi connectivity index (χ3n) is 3.45. The Morgan fingerprint density at radius 1 is 0.920 bits per heavy atom. The second-order valence-corrected chi connectivity index (χ2v) is 5.69. The van der Waals surface area contributed by atoms with Crippen molar-refractivity contribution in [3.63, 3.8) is 0 Å².